The number of amides is 2. The summed E-state index contributed by atoms with van der Waals surface area (Å²) >= 11 is 5.89. The van der Waals surface area contributed by atoms with Crippen LogP contribution in [-0.2, 0) is 13.0 Å². The number of hydrogen-bond donors (Lipinski definition) is 2. The molecule has 4 nitrogen and oxygen atoms in total. The molecule has 5 heteroatoms. The summed E-state index contributed by atoms with van der Waals surface area (Å²) in [6.45, 7) is 2.60. The Kier molecular flexibility index (Phi) is 6.10. The molecule has 116 valence electrons. The molecule has 2 amide bonds. The number of para-hydroxylation sites is 1. The largest absolute Gasteiger partial charge is 0.473 e. The molecule has 0 aliphatic carbocycles. The summed E-state index contributed by atoms with van der Waals surface area (Å²) in [6.07, 6.45) is 0.886. The zero-order chi connectivity index (χ0) is 15.8. The van der Waals surface area contributed by atoms with E-state index in [1.165, 1.54) is 0 Å². The average molecular weight is 319 g/mol. The normalized spacial score (nSPS) is 10.1. The van der Waals surface area contributed by atoms with Crippen molar-refractivity contribution in [3.05, 3.63) is 64.7 Å². The van der Waals surface area contributed by atoms with Gasteiger partial charge in [-0.2, -0.15) is 0 Å². The lowest BCUT2D eigenvalue weighted by molar-refractivity contribution is 0.223. The summed E-state index contributed by atoms with van der Waals surface area (Å²) < 4.78 is 5.58. The molecule has 0 spiro atoms. The summed E-state index contributed by atoms with van der Waals surface area (Å²) in [7, 11) is 0. The Morgan fingerprint density at radius 3 is 2.73 bits per heavy atom. The van der Waals surface area contributed by atoms with Crippen LogP contribution in [0.25, 0.3) is 0 Å². The second kappa shape index (κ2) is 8.29. The third kappa shape index (κ3) is 4.97. The number of ether oxygens (including phenoxy) is 1. The number of aryl methyl sites for hydroxylation is 1. The molecule has 0 unspecified atom stereocenters. The Labute approximate surface area is 135 Å². The lowest BCUT2D eigenvalue weighted by Gasteiger charge is -2.12. The Morgan fingerprint density at radius 2 is 1.95 bits per heavy atom. The van der Waals surface area contributed by atoms with Gasteiger partial charge >= 0.3 is 6.03 Å². The monoisotopic (exact) mass is 318 g/mol. The fraction of sp³-hybridized carbons (Fsp3) is 0.235. The van der Waals surface area contributed by atoms with E-state index in [1.807, 2.05) is 42.5 Å². The van der Waals surface area contributed by atoms with Gasteiger partial charge in [0.2, 0.25) is 0 Å². The smallest absolute Gasteiger partial charge is 0.317 e. The fourth-order valence-electron chi connectivity index (χ4n) is 2.01. The number of halogens is 1. The van der Waals surface area contributed by atoms with E-state index in [0.717, 1.165) is 23.3 Å². The molecule has 0 aliphatic rings. The van der Waals surface area contributed by atoms with Crippen LogP contribution in [0.3, 0.4) is 0 Å². The number of rotatable bonds is 6. The molecule has 22 heavy (non-hydrogen) atoms. The molecule has 0 aromatic heterocycles. The van der Waals surface area contributed by atoms with Crippen LogP contribution >= 0.6 is 11.6 Å². The first kappa shape index (κ1) is 16.2. The van der Waals surface area contributed by atoms with Crippen molar-refractivity contribution in [2.45, 2.75) is 19.9 Å². The predicted octanol–water partition coefficient (Wildman–Crippen LogP) is 3.74. The van der Waals surface area contributed by atoms with E-state index >= 15 is 0 Å². The zero-order valence-electron chi connectivity index (χ0n) is 12.4. The predicted molar refractivity (Wildman–Crippen MR) is 88.1 cm³/mol. The van der Waals surface area contributed by atoms with Gasteiger partial charge in [0.25, 0.3) is 0 Å². The first-order chi connectivity index (χ1) is 10.7. The van der Waals surface area contributed by atoms with Crippen molar-refractivity contribution in [1.82, 2.24) is 10.6 Å². The van der Waals surface area contributed by atoms with Crippen molar-refractivity contribution in [2.24, 2.45) is 0 Å². The number of carbonyl (C=O) groups is 1. The molecule has 0 atom stereocenters. The molecule has 2 N–H and O–H groups in total. The van der Waals surface area contributed by atoms with Crippen LogP contribution in [0.1, 0.15) is 18.1 Å². The number of benzene rings is 2. The van der Waals surface area contributed by atoms with E-state index in [9.17, 15) is 4.79 Å². The van der Waals surface area contributed by atoms with Crippen LogP contribution in [-0.4, -0.2) is 12.8 Å². The van der Waals surface area contributed by atoms with Gasteiger partial charge in [-0.05, 0) is 35.7 Å². The molecular formula is C17H19ClN2O2. The summed E-state index contributed by atoms with van der Waals surface area (Å²) in [5.74, 6) is 0.792. The first-order valence-corrected chi connectivity index (χ1v) is 7.53. The molecule has 0 radical (unpaired) electrons. The van der Waals surface area contributed by atoms with Crippen molar-refractivity contribution in [2.75, 3.05) is 6.73 Å². The molecule has 0 saturated heterocycles. The van der Waals surface area contributed by atoms with E-state index in [-0.39, 0.29) is 12.8 Å². The Balaban J connectivity index is 1.74. The summed E-state index contributed by atoms with van der Waals surface area (Å²) in [4.78, 5) is 11.7. The number of hydrogen-bond acceptors (Lipinski definition) is 2. The highest BCUT2D eigenvalue weighted by molar-refractivity contribution is 6.30. The lowest BCUT2D eigenvalue weighted by atomic mass is 10.1. The van der Waals surface area contributed by atoms with E-state index in [4.69, 9.17) is 16.3 Å². The maximum absolute atomic E-state index is 11.7. The highest BCUT2D eigenvalue weighted by Gasteiger charge is 2.03. The number of carbonyl (C=O) groups excluding carboxylic acids is 1. The molecule has 2 aromatic carbocycles. The second-order valence-corrected chi connectivity index (χ2v) is 5.18. The second-order valence-electron chi connectivity index (χ2n) is 4.74. The van der Waals surface area contributed by atoms with Crippen LogP contribution in [0.15, 0.2) is 48.5 Å². The van der Waals surface area contributed by atoms with Crippen molar-refractivity contribution in [1.29, 1.82) is 0 Å². The minimum Gasteiger partial charge on any atom is -0.473 e. The minimum absolute atomic E-state index is 0.123. The van der Waals surface area contributed by atoms with Crippen molar-refractivity contribution < 1.29 is 9.53 Å². The van der Waals surface area contributed by atoms with Gasteiger partial charge in [0.15, 0.2) is 6.73 Å². The molecule has 2 rings (SSSR count). The molecule has 0 heterocycles. The van der Waals surface area contributed by atoms with Gasteiger partial charge in [-0.1, -0.05) is 48.9 Å². The van der Waals surface area contributed by atoms with E-state index in [2.05, 4.69) is 17.6 Å². The highest BCUT2D eigenvalue weighted by Crippen LogP contribution is 2.17. The zero-order valence-corrected chi connectivity index (χ0v) is 13.2. The lowest BCUT2D eigenvalue weighted by Crippen LogP contribution is -2.37. The maximum atomic E-state index is 11.7. The number of nitrogens with one attached hydrogen (secondary N) is 2. The van der Waals surface area contributed by atoms with Gasteiger partial charge in [-0.15, -0.1) is 0 Å². The van der Waals surface area contributed by atoms with Crippen molar-refractivity contribution >= 4 is 17.6 Å². The SMILES string of the molecule is CCc1ccccc1OCNC(=O)NCc1cccc(Cl)c1. The summed E-state index contributed by atoms with van der Waals surface area (Å²) in [5, 5.41) is 6.07. The first-order valence-electron chi connectivity index (χ1n) is 7.16. The van der Waals surface area contributed by atoms with Gasteiger partial charge in [-0.3, -0.25) is 0 Å². The Morgan fingerprint density at radius 1 is 1.14 bits per heavy atom. The fourth-order valence-corrected chi connectivity index (χ4v) is 2.22. The van der Waals surface area contributed by atoms with Crippen LogP contribution in [0.4, 0.5) is 4.79 Å². The Hall–Kier alpha value is -2.20. The molecular weight excluding hydrogens is 300 g/mol. The van der Waals surface area contributed by atoms with Crippen LogP contribution in [0.5, 0.6) is 5.75 Å². The van der Waals surface area contributed by atoms with Gasteiger partial charge in [-0.25, -0.2) is 4.79 Å². The third-order valence-electron chi connectivity index (χ3n) is 3.16. The van der Waals surface area contributed by atoms with Crippen molar-refractivity contribution in [3.8, 4) is 5.75 Å². The van der Waals surface area contributed by atoms with E-state index in [1.54, 1.807) is 6.07 Å². The molecule has 0 fully saturated rings. The molecule has 2 aromatic rings. The van der Waals surface area contributed by atoms with Gasteiger partial charge in [0, 0.05) is 11.6 Å². The molecule has 0 bridgehead atoms. The topological polar surface area (TPSA) is 50.4 Å². The number of urea groups is 1. The molecule has 0 saturated carbocycles. The molecule has 0 aliphatic heterocycles. The standard InChI is InChI=1S/C17H19ClN2O2/c1-2-14-7-3-4-9-16(14)22-12-20-17(21)19-11-13-6-5-8-15(18)10-13/h3-10H,2,11-12H2,1H3,(H2,19,20,21). The summed E-state index contributed by atoms with van der Waals surface area (Å²) in [5.41, 5.74) is 2.06. The van der Waals surface area contributed by atoms with Crippen LogP contribution in [0, 0.1) is 0 Å². The van der Waals surface area contributed by atoms with Gasteiger partial charge in [0.1, 0.15) is 5.75 Å². The van der Waals surface area contributed by atoms with Gasteiger partial charge < -0.3 is 15.4 Å². The van der Waals surface area contributed by atoms with E-state index in [0.29, 0.717) is 11.6 Å². The van der Waals surface area contributed by atoms with Crippen LogP contribution in [0.2, 0.25) is 5.02 Å². The highest BCUT2D eigenvalue weighted by atomic mass is 35.5. The van der Waals surface area contributed by atoms with Gasteiger partial charge in [0.05, 0.1) is 0 Å². The third-order valence-corrected chi connectivity index (χ3v) is 3.39. The minimum atomic E-state index is -0.283. The van der Waals surface area contributed by atoms with E-state index < -0.39 is 0 Å². The quantitative estimate of drug-likeness (QED) is 0.797. The summed E-state index contributed by atoms with van der Waals surface area (Å²) in [6, 6.07) is 14.9. The maximum Gasteiger partial charge on any atom is 0.317 e. The Bertz CT molecular complexity index is 632. The van der Waals surface area contributed by atoms with Crippen molar-refractivity contribution in [3.63, 3.8) is 0 Å². The van der Waals surface area contributed by atoms with Crippen LogP contribution < -0.4 is 15.4 Å². The average Bonchev–Trinajstić information content (AvgIpc) is 2.53.